The van der Waals surface area contributed by atoms with Gasteiger partial charge in [0, 0.05) is 34.5 Å². The van der Waals surface area contributed by atoms with Gasteiger partial charge in [0.05, 0.1) is 0 Å². The number of ketones is 3. The van der Waals surface area contributed by atoms with Crippen LogP contribution in [0.15, 0.2) is 35.5 Å². The molecule has 27 heteroatoms. The van der Waals surface area contributed by atoms with Crippen LogP contribution in [0.25, 0.3) is 0 Å². The van der Waals surface area contributed by atoms with E-state index in [1.807, 2.05) is 0 Å². The van der Waals surface area contributed by atoms with Gasteiger partial charge in [-0.3, -0.25) is 14.4 Å². The molecule has 0 saturated heterocycles. The lowest BCUT2D eigenvalue weighted by Gasteiger charge is -2.35. The molecule has 0 aliphatic carbocycles. The Balaban J connectivity index is 8.16. The van der Waals surface area contributed by atoms with Crippen LogP contribution in [0.4, 0.5) is 92.2 Å². The maximum Gasteiger partial charge on any atom is 0.460 e. The lowest BCUT2D eigenvalue weighted by Crippen LogP contribution is -2.56. The lowest BCUT2D eigenvalue weighted by molar-refractivity contribution is -0.342. The van der Waals surface area contributed by atoms with Crippen molar-refractivity contribution in [1.82, 2.24) is 0 Å². The number of ether oxygens (including phenoxy) is 3. The fraction of sp³-hybridized carbons (Fsp3) is 0.710. The highest BCUT2D eigenvalue weighted by molar-refractivity contribution is 5.98. The highest BCUT2D eigenvalue weighted by Crippen LogP contribution is 2.50. The first-order valence-electron chi connectivity index (χ1n) is 15.1. The van der Waals surface area contributed by atoms with E-state index in [-0.39, 0.29) is 0 Å². The van der Waals surface area contributed by atoms with Crippen molar-refractivity contribution in [2.24, 2.45) is 16.2 Å². The van der Waals surface area contributed by atoms with Crippen LogP contribution in [0.3, 0.4) is 0 Å². The maximum atomic E-state index is 14.3. The van der Waals surface area contributed by atoms with E-state index >= 15 is 0 Å². The predicted molar refractivity (Wildman–Crippen MR) is 153 cm³/mol. The Morgan fingerprint density at radius 3 is 0.621 bits per heavy atom. The Labute approximate surface area is 313 Å². The molecule has 0 heterocycles. The molecule has 0 rings (SSSR count). The summed E-state index contributed by atoms with van der Waals surface area (Å²) in [6.45, 7) is 3.29. The summed E-state index contributed by atoms with van der Waals surface area (Å²) in [6, 6.07) is 0. The summed E-state index contributed by atoms with van der Waals surface area (Å²) in [5, 5.41) is 0. The summed E-state index contributed by atoms with van der Waals surface area (Å²) in [4.78, 5) is 36.7. The molecule has 6 nitrogen and oxygen atoms in total. The van der Waals surface area contributed by atoms with Gasteiger partial charge in [0.15, 0.2) is 0 Å². The monoisotopic (exact) mass is 898 g/mol. The second kappa shape index (κ2) is 16.0. The van der Waals surface area contributed by atoms with Gasteiger partial charge in [0.1, 0.15) is 17.3 Å². The first-order chi connectivity index (χ1) is 24.9. The zero-order valence-corrected chi connectivity index (χ0v) is 30.7. The van der Waals surface area contributed by atoms with Crippen molar-refractivity contribution in [3.63, 3.8) is 0 Å². The van der Waals surface area contributed by atoms with Gasteiger partial charge in [0.25, 0.3) is 0 Å². The molecule has 0 bridgehead atoms. The van der Waals surface area contributed by atoms with Crippen molar-refractivity contribution in [1.29, 1.82) is 0 Å². The van der Waals surface area contributed by atoms with Gasteiger partial charge in [-0.25, -0.2) is 0 Å². The van der Waals surface area contributed by atoms with Crippen LogP contribution in [0.1, 0.15) is 62.3 Å². The Kier molecular flexibility index (Phi) is 14.9. The second-order valence-electron chi connectivity index (χ2n) is 15.0. The highest BCUT2D eigenvalue weighted by Gasteiger charge is 2.77. The Morgan fingerprint density at radius 2 is 0.500 bits per heavy atom. The third-order valence-electron chi connectivity index (χ3n) is 6.85. The summed E-state index contributed by atoms with van der Waals surface area (Å²) < 4.78 is 297. The molecule has 0 aromatic heterocycles. The number of halogens is 21. The SMILES string of the molecule is CC(C)(C)/C(=C/C(=O)C(F)(F)C(F)(F)C(F)(F)F)OC(O/C(=C/C(=O)C(F)(F)C(F)(F)C(F)(F)F)C(C)(C)C)O/C(=C/C(=O)C(F)(F)C(F)(F)C(F)(F)F)C(C)(C)C. The van der Waals surface area contributed by atoms with Crippen LogP contribution >= 0.6 is 0 Å². The zero-order chi connectivity index (χ0) is 47.3. The Morgan fingerprint density at radius 1 is 0.345 bits per heavy atom. The van der Waals surface area contributed by atoms with Gasteiger partial charge in [-0.1, -0.05) is 62.3 Å². The fourth-order valence-electron chi connectivity index (χ4n) is 3.29. The van der Waals surface area contributed by atoms with E-state index in [9.17, 15) is 107 Å². The number of carbonyl (C=O) groups excluding carboxylic acids is 3. The standard InChI is InChI=1S/C31H31F21O6/c1-20(2,3)16(10-13(53)23(32,33)26(38,39)29(44,45)46)56-19(57-17(21(4,5)6)11-14(54)24(34,35)27(40,41)30(47,48)49)58-18(22(7,8)9)12-15(55)25(36,37)28(42,43)31(50,51)52/h10-12,19H,1-9H3/b16-10-,17-11+,18-12+. The molecule has 0 aliphatic rings. The number of rotatable bonds is 15. The fourth-order valence-corrected chi connectivity index (χ4v) is 3.29. The molecular weight excluding hydrogens is 867 g/mol. The van der Waals surface area contributed by atoms with E-state index in [2.05, 4.69) is 0 Å². The molecule has 0 radical (unpaired) electrons. The van der Waals surface area contributed by atoms with E-state index in [1.165, 1.54) is 0 Å². The van der Waals surface area contributed by atoms with Crippen molar-refractivity contribution < 1.29 is 121 Å². The smallest absolute Gasteiger partial charge is 0.427 e. The average molecular weight is 899 g/mol. The Bertz CT molecular complexity index is 1430. The number of hydrogen-bond donors (Lipinski definition) is 0. The van der Waals surface area contributed by atoms with E-state index in [4.69, 9.17) is 14.2 Å². The van der Waals surface area contributed by atoms with E-state index < -0.39 is 130 Å². The molecule has 58 heavy (non-hydrogen) atoms. The molecule has 0 aromatic rings. The molecular formula is C31H31F21O6. The minimum Gasteiger partial charge on any atom is -0.427 e. The molecule has 0 saturated carbocycles. The third kappa shape index (κ3) is 11.2. The molecule has 0 N–H and O–H groups in total. The summed E-state index contributed by atoms with van der Waals surface area (Å²) in [5.41, 5.74) is -6.63. The van der Waals surface area contributed by atoms with Crippen molar-refractivity contribution in [3.05, 3.63) is 35.5 Å². The van der Waals surface area contributed by atoms with Crippen molar-refractivity contribution >= 4 is 17.3 Å². The van der Waals surface area contributed by atoms with Crippen LogP contribution in [0.2, 0.25) is 0 Å². The van der Waals surface area contributed by atoms with Gasteiger partial charge in [-0.15, -0.1) is 0 Å². The number of carbonyl (C=O) groups is 3. The average Bonchev–Trinajstić information content (AvgIpc) is 2.95. The molecule has 0 atom stereocenters. The minimum atomic E-state index is -7.15. The molecule has 0 fully saturated rings. The van der Waals surface area contributed by atoms with Gasteiger partial charge < -0.3 is 14.2 Å². The van der Waals surface area contributed by atoms with E-state index in [1.54, 1.807) is 0 Å². The first-order valence-corrected chi connectivity index (χ1v) is 15.1. The topological polar surface area (TPSA) is 78.9 Å². The normalized spacial score (nSPS) is 16.1. The van der Waals surface area contributed by atoms with E-state index in [0.717, 1.165) is 62.3 Å². The summed E-state index contributed by atoms with van der Waals surface area (Å²) in [7, 11) is 0. The second-order valence-corrected chi connectivity index (χ2v) is 15.0. The first kappa shape index (κ1) is 54.2. The third-order valence-corrected chi connectivity index (χ3v) is 6.85. The van der Waals surface area contributed by atoms with Crippen LogP contribution < -0.4 is 0 Å². The number of allylic oxidation sites excluding steroid dienone is 6. The van der Waals surface area contributed by atoms with Gasteiger partial charge in [-0.2, -0.15) is 92.2 Å². The van der Waals surface area contributed by atoms with Gasteiger partial charge in [0.2, 0.25) is 17.3 Å². The van der Waals surface area contributed by atoms with E-state index in [0.29, 0.717) is 0 Å². The number of hydrogen-bond acceptors (Lipinski definition) is 6. The maximum absolute atomic E-state index is 14.3. The summed E-state index contributed by atoms with van der Waals surface area (Å²) in [5.74, 6) is -57.0. The quantitative estimate of drug-likeness (QED) is 0.0705. The lowest BCUT2D eigenvalue weighted by atomic mass is 9.91. The van der Waals surface area contributed by atoms with Crippen molar-refractivity contribution in [2.45, 2.75) is 123 Å². The van der Waals surface area contributed by atoms with Crippen LogP contribution in [0, 0.1) is 16.2 Å². The molecule has 0 aromatic carbocycles. The minimum absolute atomic E-state index is 0.747. The molecule has 0 amide bonds. The Hall–Kier alpha value is -3.84. The summed E-state index contributed by atoms with van der Waals surface area (Å²) >= 11 is 0. The molecule has 0 unspecified atom stereocenters. The van der Waals surface area contributed by atoms with Crippen molar-refractivity contribution in [3.8, 4) is 0 Å². The largest absolute Gasteiger partial charge is 0.460 e. The van der Waals surface area contributed by atoms with Crippen LogP contribution in [0.5, 0.6) is 0 Å². The predicted octanol–water partition coefficient (Wildman–Crippen LogP) is 11.3. The van der Waals surface area contributed by atoms with Crippen LogP contribution in [-0.2, 0) is 28.6 Å². The number of alkyl halides is 21. The summed E-state index contributed by atoms with van der Waals surface area (Å²) in [6.07, 6.45) is -23.9. The molecule has 0 spiro atoms. The van der Waals surface area contributed by atoms with Gasteiger partial charge in [-0.05, 0) is 0 Å². The van der Waals surface area contributed by atoms with Crippen molar-refractivity contribution in [2.75, 3.05) is 0 Å². The molecule has 338 valence electrons. The van der Waals surface area contributed by atoms with Crippen LogP contribution in [-0.4, -0.2) is 77.9 Å². The zero-order valence-electron chi connectivity index (χ0n) is 30.7. The molecule has 0 aliphatic heterocycles. The van der Waals surface area contributed by atoms with Gasteiger partial charge >= 0.3 is 60.5 Å². The highest BCUT2D eigenvalue weighted by atomic mass is 19.4.